The first-order chi connectivity index (χ1) is 12.7. The van der Waals surface area contributed by atoms with E-state index < -0.39 is 16.4 Å². The number of benzene rings is 1. The standard InChI is InChI=1S/C21H35NO5/c1-6-8-10-12-26-18-14-16(20(23)21(3,4)5)17(22(24)25)15-19(18)27-13-11-9-7-2/h14-15,20,23H,6-13H2,1-5H3. The third-order valence-corrected chi connectivity index (χ3v) is 4.42. The summed E-state index contributed by atoms with van der Waals surface area (Å²) >= 11 is 0. The fourth-order valence-electron chi connectivity index (χ4n) is 2.70. The number of unbranched alkanes of at least 4 members (excludes halogenated alkanes) is 4. The molecule has 0 heterocycles. The van der Waals surface area contributed by atoms with E-state index in [2.05, 4.69) is 13.8 Å². The average Bonchev–Trinajstić information content (AvgIpc) is 2.61. The van der Waals surface area contributed by atoms with Gasteiger partial charge in [-0.1, -0.05) is 60.3 Å². The first-order valence-corrected chi connectivity index (χ1v) is 9.98. The summed E-state index contributed by atoms with van der Waals surface area (Å²) in [5.74, 6) is 0.839. The van der Waals surface area contributed by atoms with Crippen molar-refractivity contribution in [2.75, 3.05) is 13.2 Å². The van der Waals surface area contributed by atoms with Crippen LogP contribution in [0.3, 0.4) is 0 Å². The molecule has 0 saturated carbocycles. The molecule has 0 bridgehead atoms. The molecule has 0 saturated heterocycles. The molecule has 1 aromatic carbocycles. The monoisotopic (exact) mass is 381 g/mol. The Bertz CT molecular complexity index is 595. The van der Waals surface area contributed by atoms with Crippen LogP contribution in [-0.4, -0.2) is 23.2 Å². The van der Waals surface area contributed by atoms with E-state index in [1.54, 1.807) is 6.07 Å². The second-order valence-corrected chi connectivity index (χ2v) is 7.99. The van der Waals surface area contributed by atoms with Gasteiger partial charge in [-0.3, -0.25) is 10.1 Å². The molecule has 0 spiro atoms. The van der Waals surface area contributed by atoms with Crippen LogP contribution >= 0.6 is 0 Å². The molecule has 1 unspecified atom stereocenters. The molecule has 27 heavy (non-hydrogen) atoms. The summed E-state index contributed by atoms with van der Waals surface area (Å²) in [6.45, 7) is 10.8. The van der Waals surface area contributed by atoms with Gasteiger partial charge in [-0.15, -0.1) is 0 Å². The zero-order valence-corrected chi connectivity index (χ0v) is 17.4. The lowest BCUT2D eigenvalue weighted by Gasteiger charge is -2.26. The molecule has 1 aromatic rings. The maximum atomic E-state index is 11.6. The molecular formula is C21H35NO5. The van der Waals surface area contributed by atoms with Crippen molar-refractivity contribution in [2.24, 2.45) is 5.41 Å². The second-order valence-electron chi connectivity index (χ2n) is 7.99. The lowest BCUT2D eigenvalue weighted by atomic mass is 9.84. The van der Waals surface area contributed by atoms with Gasteiger partial charge in [0.05, 0.1) is 35.9 Å². The Labute approximate surface area is 163 Å². The van der Waals surface area contributed by atoms with Crippen LogP contribution in [0, 0.1) is 15.5 Å². The van der Waals surface area contributed by atoms with Gasteiger partial charge in [-0.05, 0) is 24.3 Å². The molecular weight excluding hydrogens is 346 g/mol. The van der Waals surface area contributed by atoms with Gasteiger partial charge >= 0.3 is 0 Å². The third kappa shape index (κ3) is 7.37. The highest BCUT2D eigenvalue weighted by molar-refractivity contribution is 5.55. The summed E-state index contributed by atoms with van der Waals surface area (Å²) in [5, 5.41) is 22.2. The molecule has 1 rings (SSSR count). The number of nitro benzene ring substituents is 1. The zero-order chi connectivity index (χ0) is 20.4. The summed E-state index contributed by atoms with van der Waals surface area (Å²) in [5.41, 5.74) is -0.406. The number of nitro groups is 1. The molecule has 1 atom stereocenters. The van der Waals surface area contributed by atoms with E-state index in [1.807, 2.05) is 20.8 Å². The SMILES string of the molecule is CCCCCOc1cc(C(O)C(C)(C)C)c([N+](=O)[O-])cc1OCCCCC. The Morgan fingerprint density at radius 3 is 1.89 bits per heavy atom. The summed E-state index contributed by atoms with van der Waals surface area (Å²) < 4.78 is 11.7. The van der Waals surface area contributed by atoms with Crippen LogP contribution in [0.1, 0.15) is 84.8 Å². The number of aliphatic hydroxyl groups excluding tert-OH is 1. The lowest BCUT2D eigenvalue weighted by Crippen LogP contribution is -2.19. The first kappa shape index (κ1) is 23.2. The summed E-state index contributed by atoms with van der Waals surface area (Å²) in [4.78, 5) is 11.1. The van der Waals surface area contributed by atoms with E-state index in [-0.39, 0.29) is 11.3 Å². The fraction of sp³-hybridized carbons (Fsp3) is 0.714. The largest absolute Gasteiger partial charge is 0.490 e. The van der Waals surface area contributed by atoms with Gasteiger partial charge in [0.1, 0.15) is 0 Å². The van der Waals surface area contributed by atoms with Crippen LogP contribution in [-0.2, 0) is 0 Å². The number of nitrogens with zero attached hydrogens (tertiary/aromatic N) is 1. The van der Waals surface area contributed by atoms with Crippen LogP contribution in [0.15, 0.2) is 12.1 Å². The fourth-order valence-corrected chi connectivity index (χ4v) is 2.70. The maximum absolute atomic E-state index is 11.6. The molecule has 0 radical (unpaired) electrons. The van der Waals surface area contributed by atoms with Crippen molar-refractivity contribution in [3.8, 4) is 11.5 Å². The summed E-state index contributed by atoms with van der Waals surface area (Å²) in [6.07, 6.45) is 5.04. The van der Waals surface area contributed by atoms with Gasteiger partial charge in [-0.2, -0.15) is 0 Å². The number of hydrogen-bond donors (Lipinski definition) is 1. The number of aliphatic hydroxyl groups is 1. The van der Waals surface area contributed by atoms with Gasteiger partial charge in [0.25, 0.3) is 5.69 Å². The second kappa shape index (κ2) is 11.1. The maximum Gasteiger partial charge on any atom is 0.279 e. The first-order valence-electron chi connectivity index (χ1n) is 9.98. The normalized spacial score (nSPS) is 12.7. The van der Waals surface area contributed by atoms with Gasteiger partial charge in [-0.25, -0.2) is 0 Å². The highest BCUT2D eigenvalue weighted by Gasteiger charge is 2.32. The minimum atomic E-state index is -0.981. The van der Waals surface area contributed by atoms with E-state index in [4.69, 9.17) is 9.47 Å². The van der Waals surface area contributed by atoms with Crippen molar-refractivity contribution in [2.45, 2.75) is 79.2 Å². The lowest BCUT2D eigenvalue weighted by molar-refractivity contribution is -0.386. The minimum absolute atomic E-state index is 0.135. The Balaban J connectivity index is 3.20. The predicted octanol–water partition coefficient (Wildman–Crippen LogP) is 5.81. The van der Waals surface area contributed by atoms with E-state index in [1.165, 1.54) is 6.07 Å². The van der Waals surface area contributed by atoms with Crippen molar-refractivity contribution < 1.29 is 19.5 Å². The number of rotatable bonds is 12. The van der Waals surface area contributed by atoms with Gasteiger partial charge in [0.2, 0.25) is 0 Å². The van der Waals surface area contributed by atoms with Crippen molar-refractivity contribution in [1.29, 1.82) is 0 Å². The summed E-state index contributed by atoms with van der Waals surface area (Å²) in [6, 6.07) is 2.97. The molecule has 1 N–H and O–H groups in total. The van der Waals surface area contributed by atoms with Crippen LogP contribution in [0.5, 0.6) is 11.5 Å². The van der Waals surface area contributed by atoms with E-state index >= 15 is 0 Å². The molecule has 0 aliphatic rings. The third-order valence-electron chi connectivity index (χ3n) is 4.42. The number of ether oxygens (including phenoxy) is 2. The van der Waals surface area contributed by atoms with Crippen LogP contribution in [0.25, 0.3) is 0 Å². The van der Waals surface area contributed by atoms with E-state index in [0.29, 0.717) is 24.7 Å². The number of hydrogen-bond acceptors (Lipinski definition) is 5. The van der Waals surface area contributed by atoms with Gasteiger partial charge in [0.15, 0.2) is 11.5 Å². The van der Waals surface area contributed by atoms with E-state index in [0.717, 1.165) is 38.5 Å². The van der Waals surface area contributed by atoms with Gasteiger partial charge in [0, 0.05) is 0 Å². The molecule has 154 valence electrons. The van der Waals surface area contributed by atoms with Crippen molar-refractivity contribution >= 4 is 5.69 Å². The molecule has 0 aliphatic carbocycles. The van der Waals surface area contributed by atoms with Crippen molar-refractivity contribution in [3.63, 3.8) is 0 Å². The Hall–Kier alpha value is -1.82. The van der Waals surface area contributed by atoms with Crippen LogP contribution in [0.2, 0.25) is 0 Å². The average molecular weight is 382 g/mol. The Morgan fingerprint density at radius 1 is 1.00 bits per heavy atom. The predicted molar refractivity (Wildman–Crippen MR) is 108 cm³/mol. The molecule has 0 fully saturated rings. The van der Waals surface area contributed by atoms with Crippen LogP contribution < -0.4 is 9.47 Å². The van der Waals surface area contributed by atoms with Gasteiger partial charge < -0.3 is 14.6 Å². The highest BCUT2D eigenvalue weighted by Crippen LogP contribution is 2.43. The summed E-state index contributed by atoms with van der Waals surface area (Å²) in [7, 11) is 0. The molecule has 0 aromatic heterocycles. The molecule has 6 nitrogen and oxygen atoms in total. The topological polar surface area (TPSA) is 81.8 Å². The van der Waals surface area contributed by atoms with Crippen molar-refractivity contribution in [3.05, 3.63) is 27.8 Å². The Morgan fingerprint density at radius 2 is 1.48 bits per heavy atom. The van der Waals surface area contributed by atoms with E-state index in [9.17, 15) is 15.2 Å². The highest BCUT2D eigenvalue weighted by atomic mass is 16.6. The van der Waals surface area contributed by atoms with Crippen molar-refractivity contribution in [1.82, 2.24) is 0 Å². The zero-order valence-electron chi connectivity index (χ0n) is 17.4. The molecule has 6 heteroatoms. The Kier molecular flexibility index (Phi) is 9.56. The smallest absolute Gasteiger partial charge is 0.279 e. The van der Waals surface area contributed by atoms with Crippen LogP contribution in [0.4, 0.5) is 5.69 Å². The molecule has 0 aliphatic heterocycles. The minimum Gasteiger partial charge on any atom is -0.490 e. The quantitative estimate of drug-likeness (QED) is 0.280. The molecule has 0 amide bonds.